The van der Waals surface area contributed by atoms with Crippen molar-refractivity contribution in [1.82, 2.24) is 9.55 Å². The first kappa shape index (κ1) is 14.9. The molecule has 1 N–H and O–H groups in total. The van der Waals surface area contributed by atoms with Gasteiger partial charge in [-0.25, -0.2) is 4.79 Å². The SMILES string of the molecule is CCCC1(Cn2c(=O)[nH]c(Cl)c(C3CCCC3)c2=O)CC1. The van der Waals surface area contributed by atoms with Gasteiger partial charge in [0.05, 0.1) is 5.56 Å². The number of hydrogen-bond donors (Lipinski definition) is 1. The van der Waals surface area contributed by atoms with Crippen LogP contribution in [0, 0.1) is 5.41 Å². The molecule has 2 aliphatic carbocycles. The Labute approximate surface area is 129 Å². The number of H-pyrrole nitrogens is 1. The van der Waals surface area contributed by atoms with Crippen LogP contribution in [0.1, 0.15) is 69.8 Å². The highest BCUT2D eigenvalue weighted by molar-refractivity contribution is 6.30. The second-order valence-electron chi connectivity index (χ2n) is 6.78. The summed E-state index contributed by atoms with van der Waals surface area (Å²) in [5, 5.41) is 0.258. The molecule has 2 fully saturated rings. The molecule has 3 rings (SSSR count). The van der Waals surface area contributed by atoms with E-state index in [1.807, 2.05) is 0 Å². The van der Waals surface area contributed by atoms with Crippen molar-refractivity contribution in [3.63, 3.8) is 0 Å². The maximum atomic E-state index is 12.8. The molecule has 0 radical (unpaired) electrons. The Kier molecular flexibility index (Phi) is 4.00. The van der Waals surface area contributed by atoms with Crippen molar-refractivity contribution < 1.29 is 0 Å². The molecule has 21 heavy (non-hydrogen) atoms. The molecule has 0 amide bonds. The third kappa shape index (κ3) is 2.83. The van der Waals surface area contributed by atoms with Gasteiger partial charge in [-0.3, -0.25) is 14.3 Å². The second-order valence-corrected chi connectivity index (χ2v) is 7.16. The summed E-state index contributed by atoms with van der Waals surface area (Å²) in [6, 6.07) is 0. The first-order valence-corrected chi connectivity index (χ1v) is 8.47. The van der Waals surface area contributed by atoms with E-state index in [0.29, 0.717) is 12.1 Å². The average molecular weight is 311 g/mol. The predicted octanol–water partition coefficient (Wildman–Crippen LogP) is 3.43. The van der Waals surface area contributed by atoms with Crippen LogP contribution in [0.2, 0.25) is 5.15 Å². The second kappa shape index (κ2) is 5.64. The molecule has 0 aliphatic heterocycles. The summed E-state index contributed by atoms with van der Waals surface area (Å²) in [4.78, 5) is 27.6. The van der Waals surface area contributed by atoms with E-state index in [-0.39, 0.29) is 27.7 Å². The highest BCUT2D eigenvalue weighted by Crippen LogP contribution is 2.50. The molecule has 116 valence electrons. The van der Waals surface area contributed by atoms with Gasteiger partial charge in [0.1, 0.15) is 5.15 Å². The van der Waals surface area contributed by atoms with Crippen LogP contribution >= 0.6 is 11.6 Å². The van der Waals surface area contributed by atoms with Gasteiger partial charge in [0.25, 0.3) is 5.56 Å². The fraction of sp³-hybridized carbons (Fsp3) is 0.750. The largest absolute Gasteiger partial charge is 0.329 e. The quantitative estimate of drug-likeness (QED) is 0.847. The van der Waals surface area contributed by atoms with E-state index in [4.69, 9.17) is 11.6 Å². The van der Waals surface area contributed by atoms with Crippen molar-refractivity contribution in [2.45, 2.75) is 70.8 Å². The summed E-state index contributed by atoms with van der Waals surface area (Å²) < 4.78 is 1.40. The van der Waals surface area contributed by atoms with E-state index in [1.165, 1.54) is 4.57 Å². The van der Waals surface area contributed by atoms with Gasteiger partial charge in [-0.1, -0.05) is 37.8 Å². The Morgan fingerprint density at radius 1 is 1.29 bits per heavy atom. The van der Waals surface area contributed by atoms with Crippen molar-refractivity contribution >= 4 is 11.6 Å². The highest BCUT2D eigenvalue weighted by Gasteiger charge is 2.42. The van der Waals surface area contributed by atoms with Crippen LogP contribution in [0.4, 0.5) is 0 Å². The van der Waals surface area contributed by atoms with Crippen LogP contribution in [0.5, 0.6) is 0 Å². The minimum Gasteiger partial charge on any atom is -0.297 e. The summed E-state index contributed by atoms with van der Waals surface area (Å²) in [5.41, 5.74) is 0.306. The lowest BCUT2D eigenvalue weighted by Crippen LogP contribution is -2.40. The Bertz CT molecular complexity index is 637. The smallest absolute Gasteiger partial charge is 0.297 e. The fourth-order valence-electron chi connectivity index (χ4n) is 3.80. The van der Waals surface area contributed by atoms with Crippen LogP contribution in [0.3, 0.4) is 0 Å². The zero-order valence-corrected chi connectivity index (χ0v) is 13.3. The average Bonchev–Trinajstić information content (AvgIpc) is 2.97. The van der Waals surface area contributed by atoms with E-state index < -0.39 is 0 Å². The topological polar surface area (TPSA) is 54.9 Å². The molecule has 0 atom stereocenters. The molecule has 0 unspecified atom stereocenters. The highest BCUT2D eigenvalue weighted by atomic mass is 35.5. The first-order chi connectivity index (χ1) is 10.1. The normalized spacial score (nSPS) is 20.9. The number of halogens is 1. The number of aromatic nitrogens is 2. The van der Waals surface area contributed by atoms with Gasteiger partial charge in [-0.05, 0) is 43.4 Å². The zero-order chi connectivity index (χ0) is 15.0. The van der Waals surface area contributed by atoms with Gasteiger partial charge < -0.3 is 0 Å². The van der Waals surface area contributed by atoms with Crippen LogP contribution < -0.4 is 11.2 Å². The van der Waals surface area contributed by atoms with Crippen molar-refractivity contribution in [3.05, 3.63) is 31.6 Å². The van der Waals surface area contributed by atoms with Crippen molar-refractivity contribution in [1.29, 1.82) is 0 Å². The molecule has 1 aromatic heterocycles. The summed E-state index contributed by atoms with van der Waals surface area (Å²) in [5.74, 6) is 0.217. The number of aromatic amines is 1. The maximum Gasteiger partial charge on any atom is 0.329 e. The Morgan fingerprint density at radius 3 is 2.52 bits per heavy atom. The maximum absolute atomic E-state index is 12.8. The van der Waals surface area contributed by atoms with Gasteiger partial charge in [0.15, 0.2) is 0 Å². The summed E-state index contributed by atoms with van der Waals surface area (Å²) in [7, 11) is 0. The predicted molar refractivity (Wildman–Crippen MR) is 84.1 cm³/mol. The van der Waals surface area contributed by atoms with E-state index in [0.717, 1.165) is 51.4 Å². The summed E-state index contributed by atoms with van der Waals surface area (Å²) in [6.07, 6.45) is 8.69. The van der Waals surface area contributed by atoms with Crippen LogP contribution in [0.25, 0.3) is 0 Å². The van der Waals surface area contributed by atoms with Gasteiger partial charge in [0.2, 0.25) is 0 Å². The lowest BCUT2D eigenvalue weighted by Gasteiger charge is -2.18. The zero-order valence-electron chi connectivity index (χ0n) is 12.6. The molecular formula is C16H23ClN2O2. The van der Waals surface area contributed by atoms with Crippen LogP contribution in [-0.4, -0.2) is 9.55 Å². The van der Waals surface area contributed by atoms with E-state index in [2.05, 4.69) is 11.9 Å². The number of nitrogens with zero attached hydrogens (tertiary/aromatic N) is 1. The van der Waals surface area contributed by atoms with Gasteiger partial charge >= 0.3 is 5.69 Å². The number of rotatable bonds is 5. The fourth-order valence-corrected chi connectivity index (χ4v) is 4.12. The Hall–Kier alpha value is -1.03. The van der Waals surface area contributed by atoms with E-state index in [1.54, 1.807) is 0 Å². The molecule has 2 aliphatic rings. The van der Waals surface area contributed by atoms with Gasteiger partial charge in [0, 0.05) is 6.54 Å². The standard InChI is InChI=1S/C16H23ClN2O2/c1-2-7-16(8-9-16)10-19-14(20)12(11-5-3-4-6-11)13(17)18-15(19)21/h11H,2-10H2,1H3,(H,18,21). The molecule has 0 bridgehead atoms. The van der Waals surface area contributed by atoms with Crippen LogP contribution in [0.15, 0.2) is 9.59 Å². The third-order valence-electron chi connectivity index (χ3n) is 5.17. The minimum atomic E-state index is -0.353. The third-order valence-corrected chi connectivity index (χ3v) is 5.47. The first-order valence-electron chi connectivity index (χ1n) is 8.09. The lowest BCUT2D eigenvalue weighted by atomic mass is 9.99. The van der Waals surface area contributed by atoms with E-state index in [9.17, 15) is 9.59 Å². The van der Waals surface area contributed by atoms with Crippen molar-refractivity contribution in [3.8, 4) is 0 Å². The molecule has 0 saturated heterocycles. The Balaban J connectivity index is 1.98. The number of hydrogen-bond acceptors (Lipinski definition) is 2. The van der Waals surface area contributed by atoms with Gasteiger partial charge in [-0.2, -0.15) is 0 Å². The van der Waals surface area contributed by atoms with E-state index >= 15 is 0 Å². The number of nitrogens with one attached hydrogen (secondary N) is 1. The van der Waals surface area contributed by atoms with Crippen LogP contribution in [-0.2, 0) is 6.54 Å². The molecule has 0 spiro atoms. The molecule has 1 aromatic rings. The molecule has 4 nitrogen and oxygen atoms in total. The summed E-state index contributed by atoms with van der Waals surface area (Å²) in [6.45, 7) is 2.70. The molecule has 5 heteroatoms. The monoisotopic (exact) mass is 310 g/mol. The van der Waals surface area contributed by atoms with Crippen molar-refractivity contribution in [2.75, 3.05) is 0 Å². The molecular weight excluding hydrogens is 288 g/mol. The molecule has 0 aromatic carbocycles. The van der Waals surface area contributed by atoms with Crippen molar-refractivity contribution in [2.24, 2.45) is 5.41 Å². The lowest BCUT2D eigenvalue weighted by molar-refractivity contribution is 0.371. The Morgan fingerprint density at radius 2 is 1.95 bits per heavy atom. The molecule has 2 saturated carbocycles. The summed E-state index contributed by atoms with van der Waals surface area (Å²) >= 11 is 6.17. The van der Waals surface area contributed by atoms with Gasteiger partial charge in [-0.15, -0.1) is 0 Å². The molecule has 1 heterocycles. The minimum absolute atomic E-state index is 0.155.